The highest BCUT2D eigenvalue weighted by Gasteiger charge is 2.53. The topological polar surface area (TPSA) is 134 Å². The van der Waals surface area contributed by atoms with Crippen molar-refractivity contribution in [1.82, 2.24) is 14.5 Å². The predicted molar refractivity (Wildman–Crippen MR) is 217 cm³/mol. The van der Waals surface area contributed by atoms with Gasteiger partial charge in [0.15, 0.2) is 0 Å². The van der Waals surface area contributed by atoms with Crippen LogP contribution in [0.2, 0.25) is 5.04 Å². The maximum atomic E-state index is 14.3. The summed E-state index contributed by atoms with van der Waals surface area (Å²) in [6.07, 6.45) is 2.57. The van der Waals surface area contributed by atoms with E-state index in [1.54, 1.807) is 17.6 Å². The molecule has 3 aliphatic heterocycles. The monoisotopic (exact) mass is 781 g/mol. The average Bonchev–Trinajstić information content (AvgIpc) is 3.74. The second kappa shape index (κ2) is 14.1. The number of pyridine rings is 2. The van der Waals surface area contributed by atoms with Crippen molar-refractivity contribution < 1.29 is 33.1 Å². The second-order valence-electron chi connectivity index (χ2n) is 15.7. The van der Waals surface area contributed by atoms with Crippen LogP contribution in [0.25, 0.3) is 22.3 Å². The van der Waals surface area contributed by atoms with E-state index in [0.717, 1.165) is 55.2 Å². The molecule has 8 rings (SSSR count). The SMILES string of the molecule is CCc1c2c(nc3ccc(O[Si](c4ccccc4)(c4ccccc4)C(C)(C)C)cc13)-c1cc3c(c(=O)n1C2)COC(=O)C3(CC)OC(=O)CCN1C(=O)C=CC1=O. The molecule has 290 valence electrons. The van der Waals surface area contributed by atoms with E-state index >= 15 is 0 Å². The number of hydrogen-bond acceptors (Lipinski definition) is 9. The van der Waals surface area contributed by atoms with E-state index < -0.39 is 37.7 Å². The van der Waals surface area contributed by atoms with E-state index in [0.29, 0.717) is 17.8 Å². The first-order chi connectivity index (χ1) is 27.3. The fraction of sp³-hybridized carbons (Fsp3) is 0.289. The molecule has 2 aromatic heterocycles. The van der Waals surface area contributed by atoms with Gasteiger partial charge in [-0.25, -0.2) is 9.78 Å². The number of esters is 2. The first-order valence-electron chi connectivity index (χ1n) is 19.3. The van der Waals surface area contributed by atoms with Gasteiger partial charge in [-0.15, -0.1) is 0 Å². The maximum Gasteiger partial charge on any atom is 0.355 e. The summed E-state index contributed by atoms with van der Waals surface area (Å²) in [4.78, 5) is 71.3. The van der Waals surface area contributed by atoms with Gasteiger partial charge in [-0.1, -0.05) is 95.3 Å². The quantitative estimate of drug-likeness (QED) is 0.101. The molecule has 11 nitrogen and oxygen atoms in total. The highest BCUT2D eigenvalue weighted by molar-refractivity contribution is 7.00. The van der Waals surface area contributed by atoms with Crippen LogP contribution in [-0.2, 0) is 53.8 Å². The van der Waals surface area contributed by atoms with E-state index in [1.807, 2.05) is 24.3 Å². The van der Waals surface area contributed by atoms with E-state index in [4.69, 9.17) is 18.9 Å². The lowest BCUT2D eigenvalue weighted by atomic mass is 9.85. The Hall–Kier alpha value is -6.14. The van der Waals surface area contributed by atoms with Gasteiger partial charge in [0.2, 0.25) is 5.60 Å². The number of fused-ring (bicyclic) bond motifs is 5. The first kappa shape index (κ1) is 37.8. The van der Waals surface area contributed by atoms with Crippen molar-refractivity contribution in [1.29, 1.82) is 0 Å². The first-order valence-corrected chi connectivity index (χ1v) is 21.2. The molecule has 0 N–H and O–H groups in total. The van der Waals surface area contributed by atoms with Crippen LogP contribution in [0, 0.1) is 0 Å². The summed E-state index contributed by atoms with van der Waals surface area (Å²) in [6.45, 7) is 10.2. The molecule has 0 aliphatic carbocycles. The smallest absolute Gasteiger partial charge is 0.355 e. The molecule has 0 radical (unpaired) electrons. The van der Waals surface area contributed by atoms with Gasteiger partial charge in [0, 0.05) is 35.2 Å². The number of hydrogen-bond donors (Lipinski definition) is 0. The van der Waals surface area contributed by atoms with Crippen LogP contribution in [0.1, 0.15) is 69.7 Å². The molecule has 1 unspecified atom stereocenters. The van der Waals surface area contributed by atoms with Crippen molar-refractivity contribution in [2.24, 2.45) is 0 Å². The highest BCUT2D eigenvalue weighted by atomic mass is 28.4. The Balaban J connectivity index is 1.20. The van der Waals surface area contributed by atoms with Crippen LogP contribution < -0.4 is 20.4 Å². The molecular weight excluding hydrogens is 739 g/mol. The third kappa shape index (κ3) is 6.01. The van der Waals surface area contributed by atoms with Gasteiger partial charge in [-0.2, -0.15) is 0 Å². The zero-order valence-electron chi connectivity index (χ0n) is 32.6. The van der Waals surface area contributed by atoms with Gasteiger partial charge in [-0.3, -0.25) is 24.1 Å². The lowest BCUT2D eigenvalue weighted by Gasteiger charge is -2.43. The number of aromatic nitrogens is 2. The molecule has 3 aliphatic rings. The van der Waals surface area contributed by atoms with E-state index in [-0.39, 0.29) is 54.3 Å². The highest BCUT2D eigenvalue weighted by Crippen LogP contribution is 2.43. The third-order valence-corrected chi connectivity index (χ3v) is 16.5. The Bertz CT molecular complexity index is 2520. The van der Waals surface area contributed by atoms with Gasteiger partial charge in [0.05, 0.1) is 35.4 Å². The minimum Gasteiger partial charge on any atom is -0.534 e. The molecule has 2 amide bonds. The Morgan fingerprint density at radius 2 is 1.53 bits per heavy atom. The average molecular weight is 782 g/mol. The normalized spacial score (nSPS) is 17.4. The van der Waals surface area contributed by atoms with E-state index in [1.165, 1.54) is 0 Å². The molecule has 3 aromatic carbocycles. The summed E-state index contributed by atoms with van der Waals surface area (Å²) in [5, 5.41) is 3.01. The molecule has 5 heterocycles. The van der Waals surface area contributed by atoms with Gasteiger partial charge in [-0.05, 0) is 58.1 Å². The third-order valence-electron chi connectivity index (χ3n) is 11.5. The molecule has 0 bridgehead atoms. The number of nitrogens with zero attached hydrogens (tertiary/aromatic N) is 3. The van der Waals surface area contributed by atoms with Gasteiger partial charge >= 0.3 is 20.3 Å². The number of carbonyl (C=O) groups excluding carboxylic acids is 4. The fourth-order valence-electron chi connectivity index (χ4n) is 8.69. The molecule has 12 heteroatoms. The maximum absolute atomic E-state index is 14.3. The van der Waals surface area contributed by atoms with Crippen molar-refractivity contribution in [2.45, 2.75) is 77.7 Å². The molecule has 0 saturated carbocycles. The van der Waals surface area contributed by atoms with Crippen molar-refractivity contribution in [2.75, 3.05) is 6.54 Å². The standard InChI is InChI=1S/C45H43N3O8Si/c1-6-31-32-24-28(56-57(44(3,4)5,29-14-10-8-11-15-29)30-16-12-9-13-17-30)18-19-36(32)46-41-33(31)26-48-37(41)25-35-34(42(48)52)27-54-43(53)45(35,7-2)55-40(51)22-23-47-38(49)20-21-39(47)50/h8-21,24-25H,6-7,22-23,26-27H2,1-5H3. The van der Waals surface area contributed by atoms with Crippen LogP contribution in [0.5, 0.6) is 5.75 Å². The predicted octanol–water partition coefficient (Wildman–Crippen LogP) is 5.45. The van der Waals surface area contributed by atoms with Crippen LogP contribution in [-0.4, -0.2) is 53.1 Å². The number of rotatable bonds is 10. The summed E-state index contributed by atoms with van der Waals surface area (Å²) in [6, 6.07) is 28.7. The lowest BCUT2D eigenvalue weighted by Crippen LogP contribution is -2.68. The molecule has 1 atom stereocenters. The van der Waals surface area contributed by atoms with Gasteiger partial charge in [0.25, 0.3) is 17.4 Å². The summed E-state index contributed by atoms with van der Waals surface area (Å²) >= 11 is 0. The molecule has 0 fully saturated rings. The minimum absolute atomic E-state index is 0.0110. The number of cyclic esters (lactones) is 1. The molecule has 0 spiro atoms. The number of imide groups is 1. The summed E-state index contributed by atoms with van der Waals surface area (Å²) in [7, 11) is -2.93. The molecule has 5 aromatic rings. The Morgan fingerprint density at radius 3 is 2.12 bits per heavy atom. The van der Waals surface area contributed by atoms with Gasteiger partial charge in [0.1, 0.15) is 12.4 Å². The zero-order valence-corrected chi connectivity index (χ0v) is 33.6. The molecule has 57 heavy (non-hydrogen) atoms. The molecular formula is C45H43N3O8Si. The Labute approximate surface area is 331 Å². The number of benzene rings is 3. The van der Waals surface area contributed by atoms with Crippen LogP contribution >= 0.6 is 0 Å². The lowest BCUT2D eigenvalue weighted by molar-refractivity contribution is -0.189. The van der Waals surface area contributed by atoms with Crippen molar-refractivity contribution >= 4 is 53.3 Å². The second-order valence-corrected chi connectivity index (χ2v) is 19.9. The summed E-state index contributed by atoms with van der Waals surface area (Å²) < 4.78 is 20.4. The van der Waals surface area contributed by atoms with Crippen molar-refractivity contribution in [3.8, 4) is 17.1 Å². The number of ether oxygens (including phenoxy) is 2. The van der Waals surface area contributed by atoms with Crippen LogP contribution in [0.4, 0.5) is 0 Å². The zero-order chi connectivity index (χ0) is 40.3. The minimum atomic E-state index is -2.93. The van der Waals surface area contributed by atoms with Crippen molar-refractivity contribution in [3.63, 3.8) is 0 Å². The number of carbonyl (C=O) groups is 4. The molecule has 0 saturated heterocycles. The fourth-order valence-corrected chi connectivity index (χ4v) is 13.1. The largest absolute Gasteiger partial charge is 0.534 e. The summed E-state index contributed by atoms with van der Waals surface area (Å²) in [5.74, 6) is -1.94. The Morgan fingerprint density at radius 1 is 0.877 bits per heavy atom. The number of aryl methyl sites for hydroxylation is 1. The van der Waals surface area contributed by atoms with Gasteiger partial charge < -0.3 is 18.5 Å². The van der Waals surface area contributed by atoms with E-state index in [2.05, 4.69) is 82.3 Å². The number of amides is 2. The summed E-state index contributed by atoms with van der Waals surface area (Å²) in [5.41, 5.74) is 2.00. The van der Waals surface area contributed by atoms with Crippen molar-refractivity contribution in [3.05, 3.63) is 130 Å². The Kier molecular flexibility index (Phi) is 9.34. The van der Waals surface area contributed by atoms with E-state index in [9.17, 15) is 24.0 Å². The van der Waals surface area contributed by atoms with Crippen LogP contribution in [0.15, 0.2) is 102 Å². The van der Waals surface area contributed by atoms with Crippen LogP contribution in [0.3, 0.4) is 0 Å².